The third-order valence-corrected chi connectivity index (χ3v) is 8.72. The molecule has 3 aromatic carbocycles. The number of piperidine rings is 1. The van der Waals surface area contributed by atoms with Crippen LogP contribution in [0.4, 0.5) is 0 Å². The Balaban J connectivity index is 1.36. The number of rotatable bonds is 5. The molecule has 1 saturated heterocycles. The number of carbonyl (C=O) groups excluding carboxylic acids is 1. The van der Waals surface area contributed by atoms with Crippen LogP contribution in [0.25, 0.3) is 49.5 Å². The van der Waals surface area contributed by atoms with Gasteiger partial charge in [-0.05, 0) is 76.4 Å². The molecule has 218 valence electrons. The zero-order valence-electron chi connectivity index (χ0n) is 25.1. The van der Waals surface area contributed by atoms with Gasteiger partial charge in [0.2, 0.25) is 5.91 Å². The molecule has 1 amide bonds. The Kier molecular flexibility index (Phi) is 6.32. The number of primary amides is 1. The SMILES string of the molecule is CC1(C)CC(NC2=CC(n3c4ccccc4c4c(-c5cnc6ccccc6c5)cccc43)=CNC2C(N)=O)CC(C)(C)N1. The van der Waals surface area contributed by atoms with Crippen LogP contribution in [0.5, 0.6) is 0 Å². The van der Waals surface area contributed by atoms with Crippen molar-refractivity contribution >= 4 is 44.3 Å². The average molecular weight is 571 g/mol. The number of carbonyl (C=O) groups is 1. The first-order valence-corrected chi connectivity index (χ1v) is 15.0. The number of nitrogens with one attached hydrogen (secondary N) is 3. The molecule has 43 heavy (non-hydrogen) atoms. The fraction of sp³-hybridized carbons (Fsp3) is 0.278. The number of nitrogens with zero attached hydrogens (tertiary/aromatic N) is 2. The topological polar surface area (TPSA) is 97.0 Å². The summed E-state index contributed by atoms with van der Waals surface area (Å²) in [6, 6.07) is 24.9. The van der Waals surface area contributed by atoms with Gasteiger partial charge in [0, 0.05) is 56.9 Å². The molecule has 1 fully saturated rings. The van der Waals surface area contributed by atoms with Gasteiger partial charge >= 0.3 is 0 Å². The van der Waals surface area contributed by atoms with E-state index in [-0.39, 0.29) is 17.1 Å². The molecule has 7 nitrogen and oxygen atoms in total. The molecule has 2 aromatic heterocycles. The number of aromatic nitrogens is 2. The fourth-order valence-corrected chi connectivity index (χ4v) is 7.45. The number of para-hydroxylation sites is 2. The molecular weight excluding hydrogens is 532 g/mol. The van der Waals surface area contributed by atoms with Crippen LogP contribution >= 0.6 is 0 Å². The summed E-state index contributed by atoms with van der Waals surface area (Å²) in [5.41, 5.74) is 12.9. The normalized spacial score (nSPS) is 20.0. The minimum absolute atomic E-state index is 0.0379. The predicted octanol–water partition coefficient (Wildman–Crippen LogP) is 6.05. The third-order valence-electron chi connectivity index (χ3n) is 8.72. The van der Waals surface area contributed by atoms with E-state index in [0.717, 1.165) is 68.1 Å². The van der Waals surface area contributed by atoms with E-state index in [0.29, 0.717) is 0 Å². The number of benzene rings is 3. The summed E-state index contributed by atoms with van der Waals surface area (Å²) in [7, 11) is 0. The second kappa shape index (κ2) is 9.99. The highest BCUT2D eigenvalue weighted by molar-refractivity contribution is 6.16. The van der Waals surface area contributed by atoms with Crippen LogP contribution in [0.3, 0.4) is 0 Å². The first-order valence-electron chi connectivity index (χ1n) is 15.0. The number of pyridine rings is 1. The monoisotopic (exact) mass is 570 g/mol. The molecular formula is C36H38N6O. The summed E-state index contributed by atoms with van der Waals surface area (Å²) in [6.07, 6.45) is 7.82. The first kappa shape index (κ1) is 27.2. The van der Waals surface area contributed by atoms with Crippen molar-refractivity contribution in [1.82, 2.24) is 25.5 Å². The minimum atomic E-state index is -0.628. The van der Waals surface area contributed by atoms with Gasteiger partial charge < -0.3 is 26.3 Å². The van der Waals surface area contributed by atoms with Crippen LogP contribution in [-0.2, 0) is 4.79 Å². The zero-order chi connectivity index (χ0) is 29.9. The largest absolute Gasteiger partial charge is 0.383 e. The molecule has 0 aliphatic carbocycles. The van der Waals surface area contributed by atoms with Gasteiger partial charge in [-0.25, -0.2) is 0 Å². The lowest BCUT2D eigenvalue weighted by Crippen LogP contribution is -2.62. The van der Waals surface area contributed by atoms with Crippen LogP contribution in [0.2, 0.25) is 0 Å². The second-order valence-electron chi connectivity index (χ2n) is 13.3. The van der Waals surface area contributed by atoms with E-state index in [1.54, 1.807) is 0 Å². The summed E-state index contributed by atoms with van der Waals surface area (Å²) >= 11 is 0. The maximum absolute atomic E-state index is 12.6. The lowest BCUT2D eigenvalue weighted by molar-refractivity contribution is -0.119. The van der Waals surface area contributed by atoms with Crippen molar-refractivity contribution in [2.24, 2.45) is 5.73 Å². The number of amides is 1. The van der Waals surface area contributed by atoms with E-state index in [1.807, 2.05) is 30.6 Å². The molecule has 2 aliphatic rings. The standard InChI is InChI=1S/C36H38N6O/c1-35(2)18-24(19-36(3,4)41-35)40-29-17-25(21-39-33(29)34(37)43)42-30-14-8-6-11-27(30)32-26(12-9-15-31(32)42)23-16-22-10-5-7-13-28(22)38-20-23/h5-17,20-21,24,33,39-41H,18-19H2,1-4H3,(H2,37,43). The van der Waals surface area contributed by atoms with Gasteiger partial charge in [0.15, 0.2) is 0 Å². The van der Waals surface area contributed by atoms with Crippen LogP contribution in [0.1, 0.15) is 40.5 Å². The number of dihydropyridines is 1. The molecule has 1 atom stereocenters. The van der Waals surface area contributed by atoms with Gasteiger partial charge in [-0.3, -0.25) is 9.78 Å². The number of fused-ring (bicyclic) bond motifs is 4. The molecule has 5 N–H and O–H groups in total. The Morgan fingerprint density at radius 2 is 1.67 bits per heavy atom. The molecule has 2 aliphatic heterocycles. The Morgan fingerprint density at radius 1 is 0.953 bits per heavy atom. The maximum atomic E-state index is 12.6. The van der Waals surface area contributed by atoms with E-state index in [9.17, 15) is 4.79 Å². The molecule has 0 bridgehead atoms. The van der Waals surface area contributed by atoms with E-state index < -0.39 is 11.9 Å². The highest BCUT2D eigenvalue weighted by Gasteiger charge is 2.39. The van der Waals surface area contributed by atoms with Gasteiger partial charge in [0.25, 0.3) is 0 Å². The van der Waals surface area contributed by atoms with Crippen molar-refractivity contribution in [2.45, 2.75) is 63.7 Å². The van der Waals surface area contributed by atoms with Gasteiger partial charge in [-0.1, -0.05) is 48.5 Å². The van der Waals surface area contributed by atoms with Gasteiger partial charge in [-0.2, -0.15) is 0 Å². The van der Waals surface area contributed by atoms with Gasteiger partial charge in [0.05, 0.1) is 22.2 Å². The lowest BCUT2D eigenvalue weighted by atomic mass is 9.79. The molecule has 5 aromatic rings. The van der Waals surface area contributed by atoms with Crippen molar-refractivity contribution in [3.63, 3.8) is 0 Å². The van der Waals surface area contributed by atoms with E-state index >= 15 is 0 Å². The van der Waals surface area contributed by atoms with Gasteiger partial charge in [-0.15, -0.1) is 0 Å². The summed E-state index contributed by atoms with van der Waals surface area (Å²) in [4.78, 5) is 17.4. The number of allylic oxidation sites excluding steroid dienone is 2. The van der Waals surface area contributed by atoms with Crippen molar-refractivity contribution in [3.8, 4) is 11.1 Å². The summed E-state index contributed by atoms with van der Waals surface area (Å²) in [5.74, 6) is -0.408. The molecule has 0 radical (unpaired) electrons. The maximum Gasteiger partial charge on any atom is 0.246 e. The van der Waals surface area contributed by atoms with Crippen molar-refractivity contribution in [1.29, 1.82) is 0 Å². The number of hydrogen-bond donors (Lipinski definition) is 4. The van der Waals surface area contributed by atoms with Crippen LogP contribution in [0, 0.1) is 0 Å². The Morgan fingerprint density at radius 3 is 2.47 bits per heavy atom. The highest BCUT2D eigenvalue weighted by atomic mass is 16.1. The number of hydrogen-bond acceptors (Lipinski definition) is 5. The van der Waals surface area contributed by atoms with E-state index in [1.165, 1.54) is 0 Å². The van der Waals surface area contributed by atoms with E-state index in [4.69, 9.17) is 10.7 Å². The molecule has 7 heteroatoms. The minimum Gasteiger partial charge on any atom is -0.383 e. The highest BCUT2D eigenvalue weighted by Crippen LogP contribution is 2.39. The Hall–Kier alpha value is -4.62. The van der Waals surface area contributed by atoms with Crippen LogP contribution < -0.4 is 21.7 Å². The molecule has 7 rings (SSSR count). The quantitative estimate of drug-likeness (QED) is 0.206. The molecule has 0 saturated carbocycles. The number of nitrogens with two attached hydrogens (primary N) is 1. The average Bonchev–Trinajstić information content (AvgIpc) is 3.30. The molecule has 4 heterocycles. The third kappa shape index (κ3) is 4.93. The van der Waals surface area contributed by atoms with Crippen molar-refractivity contribution in [3.05, 3.63) is 97.0 Å². The van der Waals surface area contributed by atoms with Gasteiger partial charge in [0.1, 0.15) is 6.04 Å². The second-order valence-corrected chi connectivity index (χ2v) is 13.3. The van der Waals surface area contributed by atoms with Crippen LogP contribution in [-0.4, -0.2) is 38.6 Å². The lowest BCUT2D eigenvalue weighted by Gasteiger charge is -2.47. The first-order chi connectivity index (χ1) is 20.6. The smallest absolute Gasteiger partial charge is 0.246 e. The zero-order valence-corrected chi connectivity index (χ0v) is 25.1. The molecule has 1 unspecified atom stereocenters. The Labute approximate surface area is 251 Å². The fourth-order valence-electron chi connectivity index (χ4n) is 7.45. The van der Waals surface area contributed by atoms with Crippen LogP contribution in [0.15, 0.2) is 97.0 Å². The molecule has 0 spiro atoms. The summed E-state index contributed by atoms with van der Waals surface area (Å²) in [5, 5.41) is 14.2. The predicted molar refractivity (Wildman–Crippen MR) is 176 cm³/mol. The summed E-state index contributed by atoms with van der Waals surface area (Å²) in [6.45, 7) is 8.92. The Bertz CT molecular complexity index is 1950. The summed E-state index contributed by atoms with van der Waals surface area (Å²) < 4.78 is 2.27. The van der Waals surface area contributed by atoms with Crippen molar-refractivity contribution < 1.29 is 4.79 Å². The van der Waals surface area contributed by atoms with Crippen molar-refractivity contribution in [2.75, 3.05) is 0 Å². The van der Waals surface area contributed by atoms with E-state index in [2.05, 4.69) is 109 Å².